The van der Waals surface area contributed by atoms with Crippen molar-refractivity contribution >= 4 is 34.8 Å². The number of para-hydroxylation sites is 2. The Labute approximate surface area is 124 Å². The van der Waals surface area contributed by atoms with Gasteiger partial charge in [-0.2, -0.15) is 15.0 Å². The Morgan fingerprint density at radius 3 is 2.67 bits per heavy atom. The van der Waals surface area contributed by atoms with E-state index in [-0.39, 0.29) is 5.95 Å². The standard InChI is InChI=1S/C12H13N7OS/c1-19(2)10-15-9(18-13)16-11(17-10)21-12-14-7-5-3-4-6-8(7)20-12/h3-6H,13H2,1-2H3,(H,15,16,17,18). The first-order chi connectivity index (χ1) is 10.2. The number of anilines is 2. The second-order valence-corrected chi connectivity index (χ2v) is 5.25. The van der Waals surface area contributed by atoms with Crippen molar-refractivity contribution < 1.29 is 4.42 Å². The molecule has 21 heavy (non-hydrogen) atoms. The number of nitrogen functional groups attached to an aromatic ring is 1. The molecule has 0 radical (unpaired) electrons. The number of hydrogen-bond acceptors (Lipinski definition) is 9. The molecule has 1 aromatic carbocycles. The van der Waals surface area contributed by atoms with Crippen molar-refractivity contribution in [3.8, 4) is 0 Å². The van der Waals surface area contributed by atoms with E-state index >= 15 is 0 Å². The van der Waals surface area contributed by atoms with E-state index < -0.39 is 0 Å². The van der Waals surface area contributed by atoms with Gasteiger partial charge in [0, 0.05) is 25.9 Å². The fourth-order valence-electron chi connectivity index (χ4n) is 1.63. The van der Waals surface area contributed by atoms with Crippen molar-refractivity contribution in [1.29, 1.82) is 0 Å². The van der Waals surface area contributed by atoms with Crippen molar-refractivity contribution in [2.24, 2.45) is 5.84 Å². The molecule has 0 aliphatic carbocycles. The largest absolute Gasteiger partial charge is 0.431 e. The first-order valence-electron chi connectivity index (χ1n) is 6.09. The Morgan fingerprint density at radius 2 is 1.95 bits per heavy atom. The Morgan fingerprint density at radius 1 is 1.14 bits per heavy atom. The molecule has 0 fully saturated rings. The van der Waals surface area contributed by atoms with Crippen molar-refractivity contribution in [3.63, 3.8) is 0 Å². The van der Waals surface area contributed by atoms with Crippen molar-refractivity contribution in [3.05, 3.63) is 24.3 Å². The number of nitrogens with two attached hydrogens (primary N) is 1. The Balaban J connectivity index is 1.94. The lowest BCUT2D eigenvalue weighted by atomic mass is 10.3. The number of hydrazine groups is 1. The van der Waals surface area contributed by atoms with Crippen LogP contribution in [0.15, 0.2) is 39.1 Å². The molecule has 0 spiro atoms. The number of oxazole rings is 1. The predicted molar refractivity (Wildman–Crippen MR) is 80.1 cm³/mol. The van der Waals surface area contributed by atoms with Crippen molar-refractivity contribution in [2.75, 3.05) is 24.4 Å². The molecule has 0 atom stereocenters. The molecule has 0 amide bonds. The minimum atomic E-state index is 0.285. The lowest BCUT2D eigenvalue weighted by Gasteiger charge is -2.11. The molecule has 9 heteroatoms. The maximum absolute atomic E-state index is 5.63. The molecule has 3 N–H and O–H groups in total. The average Bonchev–Trinajstić information content (AvgIpc) is 2.88. The molecule has 108 valence electrons. The van der Waals surface area contributed by atoms with Crippen LogP contribution in [0.2, 0.25) is 0 Å². The van der Waals surface area contributed by atoms with Gasteiger partial charge in [0.1, 0.15) is 5.52 Å². The van der Waals surface area contributed by atoms with Gasteiger partial charge in [0.05, 0.1) is 0 Å². The lowest BCUT2D eigenvalue weighted by molar-refractivity contribution is 0.488. The highest BCUT2D eigenvalue weighted by Crippen LogP contribution is 2.28. The van der Waals surface area contributed by atoms with Crippen LogP contribution in [0.4, 0.5) is 11.9 Å². The zero-order valence-corrected chi connectivity index (χ0v) is 12.3. The Bertz CT molecular complexity index is 740. The summed E-state index contributed by atoms with van der Waals surface area (Å²) in [7, 11) is 3.67. The van der Waals surface area contributed by atoms with Crippen LogP contribution in [0, 0.1) is 0 Å². The highest BCUT2D eigenvalue weighted by atomic mass is 32.2. The lowest BCUT2D eigenvalue weighted by Crippen LogP contribution is -2.17. The third-order valence-electron chi connectivity index (χ3n) is 2.59. The fourth-order valence-corrected chi connectivity index (χ4v) is 2.32. The summed E-state index contributed by atoms with van der Waals surface area (Å²) in [6, 6.07) is 7.54. The van der Waals surface area contributed by atoms with Gasteiger partial charge in [-0.15, -0.1) is 0 Å². The molecule has 0 saturated heterocycles. The quantitative estimate of drug-likeness (QED) is 0.548. The highest BCUT2D eigenvalue weighted by Gasteiger charge is 2.13. The molecule has 8 nitrogen and oxygen atoms in total. The third-order valence-corrected chi connectivity index (χ3v) is 3.30. The zero-order valence-electron chi connectivity index (χ0n) is 11.4. The molecule has 3 aromatic rings. The molecule has 3 rings (SSSR count). The van der Waals surface area contributed by atoms with Crippen molar-refractivity contribution in [1.82, 2.24) is 19.9 Å². The van der Waals surface area contributed by atoms with E-state index in [2.05, 4.69) is 25.4 Å². The zero-order chi connectivity index (χ0) is 14.8. The fraction of sp³-hybridized carbons (Fsp3) is 0.167. The average molecular weight is 303 g/mol. The summed E-state index contributed by atoms with van der Waals surface area (Å²) in [6.45, 7) is 0. The summed E-state index contributed by atoms with van der Waals surface area (Å²) >= 11 is 1.21. The van der Waals surface area contributed by atoms with Gasteiger partial charge < -0.3 is 9.32 Å². The van der Waals surface area contributed by atoms with Crippen LogP contribution >= 0.6 is 11.8 Å². The van der Waals surface area contributed by atoms with Gasteiger partial charge in [-0.3, -0.25) is 5.43 Å². The molecule has 0 bridgehead atoms. The van der Waals surface area contributed by atoms with Crippen LogP contribution in [-0.4, -0.2) is 34.0 Å². The predicted octanol–water partition coefficient (Wildman–Crippen LogP) is 1.52. The van der Waals surface area contributed by atoms with E-state index in [1.807, 2.05) is 38.4 Å². The van der Waals surface area contributed by atoms with Gasteiger partial charge in [0.15, 0.2) is 5.58 Å². The number of nitrogens with one attached hydrogen (secondary N) is 1. The van der Waals surface area contributed by atoms with Crippen LogP contribution in [0.5, 0.6) is 0 Å². The molecule has 0 saturated carbocycles. The molecular formula is C12H13N7OS. The van der Waals surface area contributed by atoms with E-state index in [1.165, 1.54) is 11.8 Å². The third kappa shape index (κ3) is 2.88. The number of fused-ring (bicyclic) bond motifs is 1. The first kappa shape index (κ1) is 13.6. The summed E-state index contributed by atoms with van der Waals surface area (Å²) in [6.07, 6.45) is 0. The van der Waals surface area contributed by atoms with E-state index in [1.54, 1.807) is 4.90 Å². The van der Waals surface area contributed by atoms with Gasteiger partial charge >= 0.3 is 0 Å². The van der Waals surface area contributed by atoms with Crippen LogP contribution in [0.3, 0.4) is 0 Å². The molecule has 0 unspecified atom stereocenters. The minimum absolute atomic E-state index is 0.285. The molecule has 2 heterocycles. The van der Waals surface area contributed by atoms with E-state index in [0.29, 0.717) is 16.3 Å². The van der Waals surface area contributed by atoms with Crippen LogP contribution in [0.25, 0.3) is 11.1 Å². The number of nitrogens with zero attached hydrogens (tertiary/aromatic N) is 5. The summed E-state index contributed by atoms with van der Waals surface area (Å²) in [4.78, 5) is 18.8. The van der Waals surface area contributed by atoms with Gasteiger partial charge in [0.2, 0.25) is 17.1 Å². The maximum atomic E-state index is 5.63. The Hall–Kier alpha value is -2.39. The second-order valence-electron chi connectivity index (χ2n) is 4.33. The van der Waals surface area contributed by atoms with Gasteiger partial charge in [0.25, 0.3) is 5.22 Å². The molecular weight excluding hydrogens is 290 g/mol. The number of benzene rings is 1. The van der Waals surface area contributed by atoms with Crippen LogP contribution < -0.4 is 16.2 Å². The number of rotatable bonds is 4. The van der Waals surface area contributed by atoms with Gasteiger partial charge in [-0.25, -0.2) is 10.8 Å². The normalized spacial score (nSPS) is 10.8. The first-order valence-corrected chi connectivity index (χ1v) is 6.91. The summed E-state index contributed by atoms with van der Waals surface area (Å²) in [5, 5.41) is 0.920. The monoisotopic (exact) mass is 303 g/mol. The molecule has 0 aliphatic heterocycles. The maximum Gasteiger partial charge on any atom is 0.264 e. The minimum Gasteiger partial charge on any atom is -0.431 e. The summed E-state index contributed by atoms with van der Waals surface area (Å²) < 4.78 is 5.63. The summed E-state index contributed by atoms with van der Waals surface area (Å²) in [5.74, 6) is 6.15. The SMILES string of the molecule is CN(C)c1nc(NN)nc(Sc2nc3ccccc3o2)n1. The topological polar surface area (TPSA) is 106 Å². The highest BCUT2D eigenvalue weighted by molar-refractivity contribution is 7.98. The van der Waals surface area contributed by atoms with E-state index in [4.69, 9.17) is 10.3 Å². The summed E-state index contributed by atoms with van der Waals surface area (Å²) in [5.41, 5.74) is 3.93. The van der Waals surface area contributed by atoms with E-state index in [0.717, 1.165) is 11.1 Å². The molecule has 0 aliphatic rings. The van der Waals surface area contributed by atoms with Gasteiger partial charge in [-0.1, -0.05) is 12.1 Å². The van der Waals surface area contributed by atoms with Crippen molar-refractivity contribution in [2.45, 2.75) is 10.4 Å². The molecule has 2 aromatic heterocycles. The van der Waals surface area contributed by atoms with E-state index in [9.17, 15) is 0 Å². The number of hydrogen-bond donors (Lipinski definition) is 2. The van der Waals surface area contributed by atoms with Crippen LogP contribution in [0.1, 0.15) is 0 Å². The smallest absolute Gasteiger partial charge is 0.264 e. The second kappa shape index (κ2) is 5.54. The Kier molecular flexibility index (Phi) is 3.59. The van der Waals surface area contributed by atoms with Crippen LogP contribution in [-0.2, 0) is 0 Å². The van der Waals surface area contributed by atoms with Gasteiger partial charge in [-0.05, 0) is 12.1 Å². The number of aromatic nitrogens is 4.